The third-order valence-electron chi connectivity index (χ3n) is 7.27. The van der Waals surface area contributed by atoms with Crippen molar-refractivity contribution in [2.75, 3.05) is 19.6 Å². The zero-order valence-electron chi connectivity index (χ0n) is 18.9. The van der Waals surface area contributed by atoms with E-state index in [2.05, 4.69) is 22.5 Å². The number of ether oxygens (including phenoxy) is 1. The van der Waals surface area contributed by atoms with Gasteiger partial charge < -0.3 is 15.0 Å². The van der Waals surface area contributed by atoms with E-state index in [-0.39, 0.29) is 17.9 Å². The molecule has 0 spiro atoms. The largest absolute Gasteiger partial charge is 0.490 e. The number of benzene rings is 1. The molecule has 3 atom stereocenters. The molecular weight excluding hydrogens is 414 g/mol. The smallest absolute Gasteiger partial charge is 0.255 e. The normalized spacial score (nSPS) is 24.5. The van der Waals surface area contributed by atoms with Gasteiger partial charge in [-0.25, -0.2) is 0 Å². The van der Waals surface area contributed by atoms with Crippen molar-refractivity contribution in [3.8, 4) is 5.75 Å². The molecule has 1 saturated heterocycles. The molecule has 1 aliphatic heterocycles. The van der Waals surface area contributed by atoms with E-state index >= 15 is 0 Å². The summed E-state index contributed by atoms with van der Waals surface area (Å²) in [6.45, 7) is 2.03. The summed E-state index contributed by atoms with van der Waals surface area (Å²) in [6, 6.07) is 11.0. The number of pyridine rings is 1. The van der Waals surface area contributed by atoms with Gasteiger partial charge in [0, 0.05) is 50.4 Å². The van der Waals surface area contributed by atoms with Crippen LogP contribution in [0.2, 0.25) is 0 Å². The van der Waals surface area contributed by atoms with E-state index in [1.54, 1.807) is 24.5 Å². The Morgan fingerprint density at radius 1 is 1.03 bits per heavy atom. The van der Waals surface area contributed by atoms with Crippen LogP contribution >= 0.6 is 0 Å². The van der Waals surface area contributed by atoms with E-state index < -0.39 is 0 Å². The van der Waals surface area contributed by atoms with Gasteiger partial charge in [-0.15, -0.1) is 0 Å². The van der Waals surface area contributed by atoms with Crippen molar-refractivity contribution in [1.29, 1.82) is 0 Å². The lowest BCUT2D eigenvalue weighted by atomic mass is 9.69. The molecule has 2 heterocycles. The summed E-state index contributed by atoms with van der Waals surface area (Å²) in [5.74, 6) is 2.54. The van der Waals surface area contributed by atoms with Crippen LogP contribution in [-0.2, 0) is 0 Å². The molecule has 33 heavy (non-hydrogen) atoms. The van der Waals surface area contributed by atoms with E-state index in [4.69, 9.17) is 4.74 Å². The highest BCUT2D eigenvalue weighted by Crippen LogP contribution is 2.40. The molecule has 2 aromatic rings. The molecule has 2 fully saturated rings. The van der Waals surface area contributed by atoms with Crippen molar-refractivity contribution >= 4 is 11.8 Å². The number of hydrogen-bond acceptors (Lipinski definition) is 4. The zero-order valence-corrected chi connectivity index (χ0v) is 18.9. The number of likely N-dealkylation sites (tertiary alicyclic amines) is 1. The van der Waals surface area contributed by atoms with Crippen LogP contribution in [-0.4, -0.2) is 47.4 Å². The summed E-state index contributed by atoms with van der Waals surface area (Å²) < 4.78 is 6.18. The number of fused-ring (bicyclic) bond motifs is 2. The van der Waals surface area contributed by atoms with Crippen molar-refractivity contribution in [3.05, 3.63) is 72.1 Å². The number of piperidine rings is 1. The first-order valence-corrected chi connectivity index (χ1v) is 12.1. The summed E-state index contributed by atoms with van der Waals surface area (Å²) >= 11 is 0. The van der Waals surface area contributed by atoms with Crippen molar-refractivity contribution in [1.82, 2.24) is 15.2 Å². The van der Waals surface area contributed by atoms with Gasteiger partial charge in [0.1, 0.15) is 11.9 Å². The number of rotatable bonds is 6. The molecule has 4 aliphatic rings. The van der Waals surface area contributed by atoms with Gasteiger partial charge in [0.15, 0.2) is 0 Å². The van der Waals surface area contributed by atoms with Gasteiger partial charge in [-0.05, 0) is 67.3 Å². The Kier molecular flexibility index (Phi) is 6.42. The number of hydrogen-bond donors (Lipinski definition) is 1. The first-order chi connectivity index (χ1) is 16.2. The van der Waals surface area contributed by atoms with Crippen molar-refractivity contribution in [3.63, 3.8) is 0 Å². The number of carbonyl (C=O) groups excluding carboxylic acids is 2. The Balaban J connectivity index is 1.11. The highest BCUT2D eigenvalue weighted by Gasteiger charge is 2.32. The quantitative estimate of drug-likeness (QED) is 0.680. The average molecular weight is 446 g/mol. The van der Waals surface area contributed by atoms with Crippen molar-refractivity contribution < 1.29 is 14.3 Å². The molecule has 1 saturated carbocycles. The molecule has 1 aromatic carbocycles. The topological polar surface area (TPSA) is 71.5 Å². The Morgan fingerprint density at radius 3 is 2.58 bits per heavy atom. The minimum absolute atomic E-state index is 0.0156. The third-order valence-corrected chi connectivity index (χ3v) is 7.27. The molecule has 0 radical (unpaired) electrons. The molecule has 1 aromatic heterocycles. The minimum atomic E-state index is -0.0391. The lowest BCUT2D eigenvalue weighted by Crippen LogP contribution is -2.41. The van der Waals surface area contributed by atoms with Crippen LogP contribution in [0.25, 0.3) is 0 Å². The number of amides is 2. The van der Waals surface area contributed by atoms with E-state index in [0.29, 0.717) is 47.7 Å². The maximum atomic E-state index is 12.8. The third kappa shape index (κ3) is 5.10. The second kappa shape index (κ2) is 9.77. The van der Waals surface area contributed by atoms with Gasteiger partial charge in [-0.3, -0.25) is 14.6 Å². The molecule has 2 amide bonds. The predicted octanol–water partition coefficient (Wildman–Crippen LogP) is 4.10. The maximum Gasteiger partial charge on any atom is 0.255 e. The Bertz CT molecular complexity index is 1010. The summed E-state index contributed by atoms with van der Waals surface area (Å²) in [4.78, 5) is 31.2. The van der Waals surface area contributed by atoms with Gasteiger partial charge in [-0.1, -0.05) is 18.2 Å². The van der Waals surface area contributed by atoms with Crippen LogP contribution < -0.4 is 10.1 Å². The van der Waals surface area contributed by atoms with Gasteiger partial charge in [-0.2, -0.15) is 0 Å². The Morgan fingerprint density at radius 2 is 1.88 bits per heavy atom. The summed E-state index contributed by atoms with van der Waals surface area (Å²) in [6.07, 6.45) is 13.3. The highest BCUT2D eigenvalue weighted by molar-refractivity contribution is 5.94. The summed E-state index contributed by atoms with van der Waals surface area (Å²) in [7, 11) is 0. The Hall–Kier alpha value is -3.15. The van der Waals surface area contributed by atoms with Gasteiger partial charge in [0.05, 0.1) is 5.56 Å². The standard InChI is InChI=1S/C27H31N3O3/c31-26(29-18-23-15-19-6-8-20(23)9-7-19)21-3-1-5-25(16-21)33-24-10-13-30(14-11-24)27(32)22-4-2-12-28-17-22/h1-6,8,12,16-17,19-20,23-24H,7,9-11,13-15,18H2,(H,29,31). The summed E-state index contributed by atoms with van der Waals surface area (Å²) in [5, 5.41) is 3.14. The summed E-state index contributed by atoms with van der Waals surface area (Å²) in [5.41, 5.74) is 1.25. The number of aromatic nitrogens is 1. The molecule has 3 aliphatic carbocycles. The van der Waals surface area contributed by atoms with Gasteiger partial charge >= 0.3 is 0 Å². The lowest BCUT2D eigenvalue weighted by Gasteiger charge is -2.38. The molecule has 6 heteroatoms. The molecule has 6 rings (SSSR count). The zero-order chi connectivity index (χ0) is 22.6. The fourth-order valence-corrected chi connectivity index (χ4v) is 5.36. The van der Waals surface area contributed by atoms with E-state index in [1.165, 1.54) is 19.3 Å². The fourth-order valence-electron chi connectivity index (χ4n) is 5.36. The van der Waals surface area contributed by atoms with E-state index in [1.807, 2.05) is 29.2 Å². The molecule has 3 unspecified atom stereocenters. The monoisotopic (exact) mass is 445 g/mol. The highest BCUT2D eigenvalue weighted by atomic mass is 16.5. The van der Waals surface area contributed by atoms with E-state index in [9.17, 15) is 9.59 Å². The van der Waals surface area contributed by atoms with Gasteiger partial charge in [0.25, 0.3) is 11.8 Å². The van der Waals surface area contributed by atoms with E-state index in [0.717, 1.165) is 19.4 Å². The number of allylic oxidation sites excluding steroid dienone is 2. The van der Waals surface area contributed by atoms with Crippen molar-refractivity contribution in [2.24, 2.45) is 17.8 Å². The lowest BCUT2D eigenvalue weighted by molar-refractivity contribution is 0.0594. The van der Waals surface area contributed by atoms with Crippen LogP contribution in [0.4, 0.5) is 0 Å². The van der Waals surface area contributed by atoms with Crippen LogP contribution in [0.15, 0.2) is 60.9 Å². The predicted molar refractivity (Wildman–Crippen MR) is 126 cm³/mol. The van der Waals surface area contributed by atoms with Gasteiger partial charge in [0.2, 0.25) is 0 Å². The second-order valence-electron chi connectivity index (χ2n) is 9.47. The number of nitrogens with zero attached hydrogens (tertiary/aromatic N) is 2. The minimum Gasteiger partial charge on any atom is -0.490 e. The molecule has 6 nitrogen and oxygen atoms in total. The molecular formula is C27H31N3O3. The number of carbonyl (C=O) groups is 2. The fraction of sp³-hybridized carbons (Fsp3) is 0.444. The van der Waals surface area contributed by atoms with Crippen molar-refractivity contribution in [2.45, 2.75) is 38.2 Å². The average Bonchev–Trinajstić information content (AvgIpc) is 2.89. The first kappa shape index (κ1) is 21.7. The van der Waals surface area contributed by atoms with Crippen LogP contribution in [0.5, 0.6) is 5.75 Å². The van der Waals surface area contributed by atoms with Crippen LogP contribution in [0.1, 0.15) is 52.8 Å². The second-order valence-corrected chi connectivity index (χ2v) is 9.47. The first-order valence-electron chi connectivity index (χ1n) is 12.1. The van der Waals surface area contributed by atoms with Crippen LogP contribution in [0.3, 0.4) is 0 Å². The maximum absolute atomic E-state index is 12.8. The van der Waals surface area contributed by atoms with Crippen LogP contribution in [0, 0.1) is 17.8 Å². The SMILES string of the molecule is O=C(NCC1CC2C=CC1CC2)c1cccc(OC2CCN(C(=O)c3cccnc3)CC2)c1. The molecule has 172 valence electrons. The number of nitrogens with one attached hydrogen (secondary N) is 1. The Labute approximate surface area is 195 Å². The molecule has 2 bridgehead atoms. The molecule has 1 N–H and O–H groups in total.